The van der Waals surface area contributed by atoms with Crippen LogP contribution in [0.2, 0.25) is 0 Å². The minimum atomic E-state index is -4.88. The number of carbonyl (C=O) groups excluding carboxylic acids is 5. The molecule has 1 unspecified atom stereocenters. The van der Waals surface area contributed by atoms with Crippen LogP contribution >= 0.6 is 11.3 Å². The van der Waals surface area contributed by atoms with Gasteiger partial charge in [0.1, 0.15) is 11.8 Å². The second-order valence-electron chi connectivity index (χ2n) is 18.8. The van der Waals surface area contributed by atoms with Gasteiger partial charge >= 0.3 is 12.9 Å². The third-order valence-electron chi connectivity index (χ3n) is 12.0. The molecule has 0 radical (unpaired) electrons. The van der Waals surface area contributed by atoms with Crippen LogP contribution in [-0.2, 0) is 38.9 Å². The number of hydroxylamine groups is 2. The number of hydrogen-bond acceptors (Lipinski definition) is 12. The number of likely N-dealkylation sites (N-methyl/N-ethyl adjacent to an activating group) is 1. The maximum absolute atomic E-state index is 17.0. The monoisotopic (exact) mass is 1010 g/mol. The molecule has 1 saturated heterocycles. The zero-order valence-corrected chi connectivity index (χ0v) is 41.9. The van der Waals surface area contributed by atoms with Gasteiger partial charge in [-0.05, 0) is 93.0 Å². The molecule has 2 aromatic heterocycles. The molecule has 0 spiro atoms. The summed E-state index contributed by atoms with van der Waals surface area (Å²) in [6.45, 7) is -0.332. The highest BCUT2D eigenvalue weighted by atomic mass is 32.2. The summed E-state index contributed by atoms with van der Waals surface area (Å²) in [4.78, 5) is 68.3. The van der Waals surface area contributed by atoms with Gasteiger partial charge in [-0.1, -0.05) is 30.7 Å². The van der Waals surface area contributed by atoms with E-state index in [2.05, 4.69) is 31.8 Å². The number of allylic oxidation sites excluding steroid dienone is 2. The lowest BCUT2D eigenvalue weighted by Crippen LogP contribution is -2.51. The molecule has 3 aliphatic rings. The number of thiophene rings is 1. The number of nitrogens with zero attached hydrogens (tertiary/aromatic N) is 5. The predicted molar refractivity (Wildman–Crippen MR) is 262 cm³/mol. The van der Waals surface area contributed by atoms with Crippen LogP contribution in [0.4, 0.5) is 8.63 Å². The second kappa shape index (κ2) is 23.4. The lowest BCUT2D eigenvalue weighted by Gasteiger charge is -2.31. The van der Waals surface area contributed by atoms with Crippen molar-refractivity contribution >= 4 is 82.0 Å². The van der Waals surface area contributed by atoms with E-state index in [4.69, 9.17) is 9.57 Å². The Hall–Kier alpha value is -5.81. The molecule has 0 saturated carbocycles. The minimum Gasteiger partial charge on any atom is -0.748 e. The van der Waals surface area contributed by atoms with E-state index in [-0.39, 0.29) is 45.3 Å². The van der Waals surface area contributed by atoms with E-state index in [1.54, 1.807) is 49.5 Å². The number of rotatable bonds is 26. The van der Waals surface area contributed by atoms with Gasteiger partial charge in [0.05, 0.1) is 55.0 Å². The molecular formula is C48H62BF2N7O10S2. The number of aromatic nitrogens is 1. The molecular weight excluding hydrogens is 948 g/mol. The summed E-state index contributed by atoms with van der Waals surface area (Å²) in [7, 11) is 3.28. The minimum absolute atomic E-state index is 0.0194. The summed E-state index contributed by atoms with van der Waals surface area (Å²) in [6.07, 6.45) is 10.8. The van der Waals surface area contributed by atoms with Crippen molar-refractivity contribution in [1.29, 1.82) is 0 Å². The maximum Gasteiger partial charge on any atom is 0.737 e. The number of imide groups is 1. The summed E-state index contributed by atoms with van der Waals surface area (Å²) < 4.78 is 77.7. The number of fused-ring (bicyclic) bond motifs is 2. The third-order valence-corrected chi connectivity index (χ3v) is 13.6. The molecule has 1 atom stereocenters. The quantitative estimate of drug-likeness (QED) is 0.0363. The van der Waals surface area contributed by atoms with Crippen LogP contribution < -0.4 is 15.4 Å². The van der Waals surface area contributed by atoms with Gasteiger partial charge in [-0.2, -0.15) is 0 Å². The highest BCUT2D eigenvalue weighted by Gasteiger charge is 2.54. The number of unbranched alkanes of at least 4 members (excludes halogenated alkanes) is 2. The topological polar surface area (TPSA) is 199 Å². The van der Waals surface area contributed by atoms with Gasteiger partial charge in [-0.25, -0.2) is 13.2 Å². The van der Waals surface area contributed by atoms with Crippen LogP contribution in [0, 0.1) is 6.92 Å². The van der Waals surface area contributed by atoms with Crippen molar-refractivity contribution in [3.8, 4) is 5.75 Å². The number of ether oxygens (including phenoxy) is 1. The van der Waals surface area contributed by atoms with Gasteiger partial charge in [0.15, 0.2) is 11.4 Å². The largest absolute Gasteiger partial charge is 0.748 e. The number of hydrogen-bond donors (Lipinski definition) is 2. The van der Waals surface area contributed by atoms with Gasteiger partial charge in [0, 0.05) is 74.3 Å². The van der Waals surface area contributed by atoms with Gasteiger partial charge < -0.3 is 51.7 Å². The van der Waals surface area contributed by atoms with Crippen molar-refractivity contribution in [3.05, 3.63) is 92.6 Å². The van der Waals surface area contributed by atoms with E-state index in [1.807, 2.05) is 41.5 Å². The van der Waals surface area contributed by atoms with E-state index in [1.165, 1.54) is 15.8 Å². The van der Waals surface area contributed by atoms with Crippen LogP contribution in [0.1, 0.15) is 91.6 Å². The van der Waals surface area contributed by atoms with Crippen LogP contribution in [0.3, 0.4) is 0 Å². The van der Waals surface area contributed by atoms with E-state index >= 15 is 8.63 Å². The van der Waals surface area contributed by atoms with Crippen molar-refractivity contribution in [2.45, 2.75) is 77.2 Å². The van der Waals surface area contributed by atoms with E-state index < -0.39 is 58.5 Å². The average molecular weight is 1010 g/mol. The number of nitrogens with one attached hydrogen (secondary N) is 2. The Kier molecular flexibility index (Phi) is 17.9. The first-order chi connectivity index (χ1) is 33.1. The Labute approximate surface area is 411 Å². The van der Waals surface area contributed by atoms with Crippen molar-refractivity contribution in [2.75, 3.05) is 66.7 Å². The van der Waals surface area contributed by atoms with Crippen LogP contribution in [0.5, 0.6) is 5.75 Å². The molecule has 0 aliphatic carbocycles. The fourth-order valence-corrected chi connectivity index (χ4v) is 9.80. The molecule has 1 aromatic carbocycles. The fourth-order valence-electron chi connectivity index (χ4n) is 8.42. The molecule has 378 valence electrons. The first kappa shape index (κ1) is 53.5. The summed E-state index contributed by atoms with van der Waals surface area (Å²) >= 11 is 1.44. The molecule has 3 aliphatic heterocycles. The average Bonchev–Trinajstić information content (AvgIpc) is 4.08. The molecule has 2 N–H and O–H groups in total. The van der Waals surface area contributed by atoms with E-state index in [9.17, 15) is 36.9 Å². The van der Waals surface area contributed by atoms with Crippen molar-refractivity contribution in [2.24, 2.45) is 0 Å². The van der Waals surface area contributed by atoms with Gasteiger partial charge in [0.2, 0.25) is 11.8 Å². The number of benzene rings is 1. The number of quaternary nitrogens is 1. The zero-order chi connectivity index (χ0) is 50.8. The van der Waals surface area contributed by atoms with Crippen LogP contribution in [-0.4, -0.2) is 151 Å². The van der Waals surface area contributed by atoms with Crippen molar-refractivity contribution in [1.82, 2.24) is 25.1 Å². The molecule has 3 aromatic rings. The molecule has 17 nitrogen and oxygen atoms in total. The summed E-state index contributed by atoms with van der Waals surface area (Å²) in [6, 6.07) is 10.9. The van der Waals surface area contributed by atoms with E-state index in [0.717, 1.165) is 43.5 Å². The molecule has 6 rings (SSSR count). The van der Waals surface area contributed by atoms with Gasteiger partial charge in [-0.3, -0.25) is 19.2 Å². The second-order valence-corrected chi connectivity index (χ2v) is 21.2. The number of carbonyl (C=O) groups is 5. The Balaban J connectivity index is 0.944. The molecule has 22 heteroatoms. The molecule has 0 bridgehead atoms. The first-order valence-corrected chi connectivity index (χ1v) is 25.9. The smallest absolute Gasteiger partial charge is 0.737 e. The molecule has 70 heavy (non-hydrogen) atoms. The Morgan fingerprint density at radius 3 is 2.39 bits per heavy atom. The third kappa shape index (κ3) is 14.6. The summed E-state index contributed by atoms with van der Waals surface area (Å²) in [5.74, 6) is -3.85. The van der Waals surface area contributed by atoms with Crippen LogP contribution in [0.15, 0.2) is 65.2 Å². The Bertz CT molecular complexity index is 2640. The highest BCUT2D eigenvalue weighted by Crippen LogP contribution is 2.40. The first-order valence-electron chi connectivity index (χ1n) is 23.4. The highest BCUT2D eigenvalue weighted by molar-refractivity contribution is 7.85. The lowest BCUT2D eigenvalue weighted by atomic mass is 9.88. The predicted octanol–water partition coefficient (Wildman–Crippen LogP) is 4.94. The summed E-state index contributed by atoms with van der Waals surface area (Å²) in [5, 5.41) is 7.32. The van der Waals surface area contributed by atoms with Crippen molar-refractivity contribution < 1.29 is 64.1 Å². The standard InChI is InChI=1S/C48H62BF2N7O10S2/c1-34-30-37(55-40(34)32-41-36(12-9-27-58(3,4)5)31-42(43-13-11-29-69-43)56(41)49(55,50)51)19-16-35-17-20-38(21-18-35)67-28-10-14-44(59)53-39(33-70(64,65)66)48(63)52-24-26-54(2)25-8-6-7-15-47(62)68-57-45(60)22-23-46(57)61/h11,13,16-21,29-32,39H,6-10,12,14-15,22-28,33H2,1-5H3,(H2-,52,53,59,63,64,65,66)/b19-16+. The number of amides is 4. The molecule has 5 heterocycles. The SMILES string of the molecule is Cc1cc(/C=C/c2ccc(OCCCC(=O)NC(CS(=O)(=O)[O-])C(=O)NCCN(C)CCCCCC(=O)ON3C(=O)CCC3=O)cc2)n2c1C=C1C(CCC[N+](C)(C)C)=CC(c3cccs3)=[N+]1[B-]2(F)F. The molecule has 4 amide bonds. The fraction of sp³-hybridized carbons (Fsp3) is 0.458. The number of aryl methyl sites for hydroxylation is 1. The van der Waals surface area contributed by atoms with Gasteiger partial charge in [-0.15, -0.1) is 16.4 Å². The maximum atomic E-state index is 17.0. The molecule has 1 fully saturated rings. The summed E-state index contributed by atoms with van der Waals surface area (Å²) in [5.41, 5.74) is 4.31. The lowest BCUT2D eigenvalue weighted by molar-refractivity contribution is -0.870. The normalized spacial score (nSPS) is 16.1. The Morgan fingerprint density at radius 1 is 0.986 bits per heavy atom. The number of halogens is 2. The Morgan fingerprint density at radius 2 is 1.71 bits per heavy atom. The van der Waals surface area contributed by atoms with Gasteiger partial charge in [0.25, 0.3) is 11.8 Å². The van der Waals surface area contributed by atoms with Crippen LogP contribution in [0.25, 0.3) is 18.2 Å². The van der Waals surface area contributed by atoms with Crippen molar-refractivity contribution in [3.63, 3.8) is 0 Å². The zero-order valence-electron chi connectivity index (χ0n) is 40.3. The van der Waals surface area contributed by atoms with E-state index in [0.29, 0.717) is 72.4 Å².